The molecule has 0 spiro atoms. The molecule has 0 radical (unpaired) electrons. The van der Waals surface area contributed by atoms with Gasteiger partial charge in [-0.25, -0.2) is 4.39 Å². The van der Waals surface area contributed by atoms with Crippen LogP contribution in [0.4, 0.5) is 15.2 Å². The maximum atomic E-state index is 13.1. The Hall–Kier alpha value is -3.13. The second-order valence-electron chi connectivity index (χ2n) is 6.60. The molecule has 2 heterocycles. The predicted molar refractivity (Wildman–Crippen MR) is 105 cm³/mol. The summed E-state index contributed by atoms with van der Waals surface area (Å²) >= 11 is 1.27. The third kappa shape index (κ3) is 3.63. The molecule has 1 unspecified atom stereocenters. The second-order valence-corrected chi connectivity index (χ2v) is 7.61. The molecule has 0 bridgehead atoms. The van der Waals surface area contributed by atoms with Gasteiger partial charge in [0.2, 0.25) is 11.0 Å². The van der Waals surface area contributed by atoms with Crippen molar-refractivity contribution in [3.63, 3.8) is 0 Å². The zero-order valence-corrected chi connectivity index (χ0v) is 15.9. The molecule has 6 nitrogen and oxygen atoms in total. The molecule has 0 saturated carbocycles. The molecule has 1 atom stereocenters. The summed E-state index contributed by atoms with van der Waals surface area (Å²) in [5, 5.41) is 12.1. The van der Waals surface area contributed by atoms with E-state index in [1.165, 1.54) is 23.5 Å². The highest BCUT2D eigenvalue weighted by molar-refractivity contribution is 7.15. The summed E-state index contributed by atoms with van der Waals surface area (Å²) in [4.78, 5) is 26.4. The number of nitrogens with zero attached hydrogens (tertiary/aromatic N) is 3. The lowest BCUT2D eigenvalue weighted by atomic mass is 10.1. The first kappa shape index (κ1) is 18.2. The minimum Gasteiger partial charge on any atom is -0.312 e. The Kier molecular flexibility index (Phi) is 4.87. The van der Waals surface area contributed by atoms with Gasteiger partial charge in [0, 0.05) is 30.1 Å². The van der Waals surface area contributed by atoms with E-state index in [-0.39, 0.29) is 23.5 Å². The van der Waals surface area contributed by atoms with Gasteiger partial charge in [-0.05, 0) is 42.8 Å². The number of carbonyl (C=O) groups excluding carboxylic acids is 2. The van der Waals surface area contributed by atoms with Gasteiger partial charge in [0.25, 0.3) is 5.91 Å². The highest BCUT2D eigenvalue weighted by Crippen LogP contribution is 2.34. The first-order chi connectivity index (χ1) is 13.5. The largest absolute Gasteiger partial charge is 0.312 e. The van der Waals surface area contributed by atoms with Crippen LogP contribution in [0.3, 0.4) is 0 Å². The van der Waals surface area contributed by atoms with Crippen LogP contribution in [0.15, 0.2) is 48.5 Å². The molecule has 1 aliphatic rings. The Morgan fingerprint density at radius 1 is 1.18 bits per heavy atom. The van der Waals surface area contributed by atoms with E-state index in [1.54, 1.807) is 23.1 Å². The summed E-state index contributed by atoms with van der Waals surface area (Å²) in [5.74, 6) is -0.738. The maximum Gasteiger partial charge on any atom is 0.257 e. The topological polar surface area (TPSA) is 75.2 Å². The smallest absolute Gasteiger partial charge is 0.257 e. The summed E-state index contributed by atoms with van der Waals surface area (Å²) in [7, 11) is 0. The summed E-state index contributed by atoms with van der Waals surface area (Å²) in [6.07, 6.45) is 0.303. The molecule has 1 fully saturated rings. The van der Waals surface area contributed by atoms with Crippen molar-refractivity contribution in [2.75, 3.05) is 16.8 Å². The molecule has 1 aliphatic heterocycles. The maximum absolute atomic E-state index is 13.1. The molecule has 1 saturated heterocycles. The zero-order valence-electron chi connectivity index (χ0n) is 15.1. The van der Waals surface area contributed by atoms with E-state index in [1.807, 2.05) is 25.1 Å². The van der Waals surface area contributed by atoms with Crippen LogP contribution < -0.4 is 10.2 Å². The van der Waals surface area contributed by atoms with E-state index in [0.717, 1.165) is 5.56 Å². The zero-order chi connectivity index (χ0) is 19.7. The SMILES string of the molecule is Cc1ccccc1C(=O)Nc1nnc(C2CC(=O)N(c3ccc(F)cc3)C2)s1. The number of benzene rings is 2. The number of hydrogen-bond acceptors (Lipinski definition) is 5. The predicted octanol–water partition coefficient (Wildman–Crippen LogP) is 3.76. The van der Waals surface area contributed by atoms with Crippen molar-refractivity contribution in [1.29, 1.82) is 0 Å². The van der Waals surface area contributed by atoms with Gasteiger partial charge in [-0.15, -0.1) is 10.2 Å². The van der Waals surface area contributed by atoms with E-state index in [2.05, 4.69) is 15.5 Å². The Balaban J connectivity index is 1.46. The van der Waals surface area contributed by atoms with Crippen LogP contribution >= 0.6 is 11.3 Å². The van der Waals surface area contributed by atoms with Crippen LogP contribution in [0.25, 0.3) is 0 Å². The molecule has 4 rings (SSSR count). The lowest BCUT2D eigenvalue weighted by molar-refractivity contribution is -0.117. The molecule has 2 amide bonds. The fourth-order valence-corrected chi connectivity index (χ4v) is 4.02. The first-order valence-corrected chi connectivity index (χ1v) is 9.59. The third-order valence-corrected chi connectivity index (χ3v) is 5.66. The van der Waals surface area contributed by atoms with Crippen molar-refractivity contribution in [2.24, 2.45) is 0 Å². The van der Waals surface area contributed by atoms with Gasteiger partial charge >= 0.3 is 0 Å². The van der Waals surface area contributed by atoms with E-state index < -0.39 is 0 Å². The number of anilines is 2. The van der Waals surface area contributed by atoms with Gasteiger partial charge in [-0.3, -0.25) is 14.9 Å². The van der Waals surface area contributed by atoms with Crippen molar-refractivity contribution in [3.05, 3.63) is 70.5 Å². The average molecular weight is 396 g/mol. The van der Waals surface area contributed by atoms with Crippen LogP contribution in [-0.2, 0) is 4.79 Å². The highest BCUT2D eigenvalue weighted by atomic mass is 32.1. The standard InChI is InChI=1S/C20H17FN4O2S/c1-12-4-2-3-5-16(12)18(27)22-20-24-23-19(28-20)13-10-17(26)25(11-13)15-8-6-14(21)7-9-15/h2-9,13H,10-11H2,1H3,(H,22,24,27). The van der Waals surface area contributed by atoms with Crippen molar-refractivity contribution >= 4 is 34.0 Å². The molecular weight excluding hydrogens is 379 g/mol. The van der Waals surface area contributed by atoms with Gasteiger partial charge in [-0.2, -0.15) is 0 Å². The monoisotopic (exact) mass is 396 g/mol. The molecule has 0 aliphatic carbocycles. The van der Waals surface area contributed by atoms with Crippen molar-refractivity contribution in [1.82, 2.24) is 10.2 Å². The normalized spacial score (nSPS) is 16.4. The lowest BCUT2D eigenvalue weighted by Gasteiger charge is -2.16. The number of nitrogens with one attached hydrogen (secondary N) is 1. The summed E-state index contributed by atoms with van der Waals surface area (Å²) in [5.41, 5.74) is 2.12. The van der Waals surface area contributed by atoms with Crippen LogP contribution in [0.2, 0.25) is 0 Å². The summed E-state index contributed by atoms with van der Waals surface area (Å²) in [6, 6.07) is 13.1. The summed E-state index contributed by atoms with van der Waals surface area (Å²) < 4.78 is 13.1. The van der Waals surface area contributed by atoms with Crippen molar-refractivity contribution in [2.45, 2.75) is 19.3 Å². The number of halogens is 1. The van der Waals surface area contributed by atoms with Gasteiger partial charge in [0.1, 0.15) is 10.8 Å². The molecule has 1 N–H and O–H groups in total. The van der Waals surface area contributed by atoms with Crippen LogP contribution in [0.1, 0.15) is 33.3 Å². The third-order valence-electron chi connectivity index (χ3n) is 4.66. The number of carbonyl (C=O) groups is 2. The van der Waals surface area contributed by atoms with Gasteiger partial charge in [0.05, 0.1) is 0 Å². The number of aryl methyl sites for hydroxylation is 1. The highest BCUT2D eigenvalue weighted by Gasteiger charge is 2.34. The van der Waals surface area contributed by atoms with E-state index >= 15 is 0 Å². The molecular formula is C20H17FN4O2S. The van der Waals surface area contributed by atoms with Gasteiger partial charge in [0.15, 0.2) is 0 Å². The minimum absolute atomic E-state index is 0.0442. The number of rotatable bonds is 4. The van der Waals surface area contributed by atoms with Crippen molar-refractivity contribution in [3.8, 4) is 0 Å². The van der Waals surface area contributed by atoms with Crippen LogP contribution in [-0.4, -0.2) is 28.6 Å². The number of hydrogen-bond donors (Lipinski definition) is 1. The fraction of sp³-hybridized carbons (Fsp3) is 0.200. The van der Waals surface area contributed by atoms with Crippen molar-refractivity contribution < 1.29 is 14.0 Å². The van der Waals surface area contributed by atoms with E-state index in [0.29, 0.717) is 34.4 Å². The van der Waals surface area contributed by atoms with Crippen LogP contribution in [0.5, 0.6) is 0 Å². The van der Waals surface area contributed by atoms with Gasteiger partial charge < -0.3 is 4.90 Å². The Bertz CT molecular complexity index is 1030. The Morgan fingerprint density at radius 3 is 2.68 bits per heavy atom. The fourth-order valence-electron chi connectivity index (χ4n) is 3.19. The van der Waals surface area contributed by atoms with E-state index in [9.17, 15) is 14.0 Å². The molecule has 28 heavy (non-hydrogen) atoms. The molecule has 2 aromatic carbocycles. The lowest BCUT2D eigenvalue weighted by Crippen LogP contribution is -2.24. The first-order valence-electron chi connectivity index (χ1n) is 8.77. The summed E-state index contributed by atoms with van der Waals surface area (Å²) in [6.45, 7) is 2.32. The second kappa shape index (κ2) is 7.47. The minimum atomic E-state index is -0.342. The number of amides is 2. The Morgan fingerprint density at radius 2 is 1.93 bits per heavy atom. The molecule has 8 heteroatoms. The molecule has 1 aromatic heterocycles. The molecule has 3 aromatic rings. The van der Waals surface area contributed by atoms with Gasteiger partial charge in [-0.1, -0.05) is 29.5 Å². The molecule has 142 valence electrons. The quantitative estimate of drug-likeness (QED) is 0.729. The van der Waals surface area contributed by atoms with E-state index in [4.69, 9.17) is 0 Å². The van der Waals surface area contributed by atoms with Crippen LogP contribution in [0, 0.1) is 12.7 Å². The average Bonchev–Trinajstić information content (AvgIpc) is 3.29. The Labute approximate surface area is 165 Å². The number of aromatic nitrogens is 2.